The van der Waals surface area contributed by atoms with Crippen LogP contribution in [-0.2, 0) is 0 Å². The van der Waals surface area contributed by atoms with Crippen LogP contribution in [-0.4, -0.2) is 8.07 Å². The van der Waals surface area contributed by atoms with Crippen molar-refractivity contribution in [1.82, 2.24) is 0 Å². The Morgan fingerprint density at radius 2 is 0.690 bits per heavy atom. The fourth-order valence-electron chi connectivity index (χ4n) is 7.94. The molecule has 0 heterocycles. The molecule has 0 unspecified atom stereocenters. The molecule has 280 valence electrons. The highest BCUT2D eigenvalue weighted by Gasteiger charge is 2.20. The Morgan fingerprint density at radius 1 is 0.293 bits per heavy atom. The smallest absolute Gasteiger partial charge is 0.0775 e. The maximum atomic E-state index is 2.40. The molecule has 0 saturated heterocycles. The monoisotopic (exact) mass is 762 g/mol. The normalized spacial score (nSPS) is 11.4. The predicted molar refractivity (Wildman–Crippen MR) is 253 cm³/mol. The second-order valence-electron chi connectivity index (χ2n) is 15.9. The standard InChI is InChI=1S/C55H46N2Si/c1-58(2,3)51-39-37-50(38-40-51)57(54-23-13-12-22-52(54)45-15-6-4-7-16-45)49-35-31-44(32-36-49)42-27-25-41(26-28-42)43-29-33-48(34-30-43)56(47-19-8-5-9-20-47)55-24-14-18-46-17-10-11-21-53(46)55/h4-40H,1-3H3. The van der Waals surface area contributed by atoms with Gasteiger partial charge in [-0.25, -0.2) is 0 Å². The Kier molecular flexibility index (Phi) is 10.1. The average molecular weight is 763 g/mol. The number of rotatable bonds is 10. The van der Waals surface area contributed by atoms with E-state index in [1.807, 2.05) is 0 Å². The Morgan fingerprint density at radius 3 is 1.26 bits per heavy atom. The molecule has 9 rings (SSSR count). The van der Waals surface area contributed by atoms with Gasteiger partial charge in [0.2, 0.25) is 0 Å². The maximum Gasteiger partial charge on any atom is 0.0775 e. The lowest BCUT2D eigenvalue weighted by molar-refractivity contribution is 1.28. The van der Waals surface area contributed by atoms with E-state index in [-0.39, 0.29) is 0 Å². The van der Waals surface area contributed by atoms with Gasteiger partial charge in [-0.05, 0) is 93.9 Å². The highest BCUT2D eigenvalue weighted by atomic mass is 28.3. The SMILES string of the molecule is C[Si](C)(C)c1ccc(N(c2ccc(-c3ccc(-c4ccc(N(c5ccccc5)c5cccc6ccccc56)cc4)cc3)cc2)c2ccccc2-c2ccccc2)cc1. The van der Waals surface area contributed by atoms with E-state index in [2.05, 4.69) is 254 Å². The molecule has 9 aromatic rings. The van der Waals surface area contributed by atoms with Crippen LogP contribution >= 0.6 is 0 Å². The van der Waals surface area contributed by atoms with Gasteiger partial charge >= 0.3 is 0 Å². The maximum absolute atomic E-state index is 2.40. The molecular weight excluding hydrogens is 717 g/mol. The summed E-state index contributed by atoms with van der Waals surface area (Å²) in [6.07, 6.45) is 0. The van der Waals surface area contributed by atoms with E-state index in [1.54, 1.807) is 0 Å². The van der Waals surface area contributed by atoms with Crippen molar-refractivity contribution in [3.8, 4) is 33.4 Å². The van der Waals surface area contributed by atoms with Gasteiger partial charge in [0, 0.05) is 33.7 Å². The summed E-state index contributed by atoms with van der Waals surface area (Å²) in [4.78, 5) is 4.74. The van der Waals surface area contributed by atoms with Crippen LogP contribution in [0, 0.1) is 0 Å². The van der Waals surface area contributed by atoms with Gasteiger partial charge in [0.05, 0.1) is 19.4 Å². The first kappa shape index (κ1) is 36.7. The zero-order chi connectivity index (χ0) is 39.5. The molecule has 0 atom stereocenters. The van der Waals surface area contributed by atoms with Crippen LogP contribution in [0.15, 0.2) is 224 Å². The summed E-state index contributed by atoms with van der Waals surface area (Å²) >= 11 is 0. The third-order valence-electron chi connectivity index (χ3n) is 11.0. The lowest BCUT2D eigenvalue weighted by atomic mass is 9.99. The molecule has 2 nitrogen and oxygen atoms in total. The molecule has 3 heteroatoms. The van der Waals surface area contributed by atoms with Gasteiger partial charge in [-0.3, -0.25) is 0 Å². The van der Waals surface area contributed by atoms with Gasteiger partial charge in [-0.2, -0.15) is 0 Å². The Hall–Kier alpha value is -6.94. The first-order valence-corrected chi connectivity index (χ1v) is 23.6. The minimum absolute atomic E-state index is 1.12. The van der Waals surface area contributed by atoms with Crippen LogP contribution in [0.1, 0.15) is 0 Å². The lowest BCUT2D eigenvalue weighted by Crippen LogP contribution is -2.37. The zero-order valence-corrected chi connectivity index (χ0v) is 34.3. The van der Waals surface area contributed by atoms with E-state index < -0.39 is 8.07 Å². The number of anilines is 6. The molecule has 0 aliphatic rings. The number of nitrogens with zero attached hydrogens (tertiary/aromatic N) is 2. The highest BCUT2D eigenvalue weighted by molar-refractivity contribution is 6.88. The fraction of sp³-hybridized carbons (Fsp3) is 0.0545. The van der Waals surface area contributed by atoms with Crippen LogP contribution in [0.25, 0.3) is 44.2 Å². The van der Waals surface area contributed by atoms with E-state index in [0.29, 0.717) is 0 Å². The second kappa shape index (κ2) is 15.9. The van der Waals surface area contributed by atoms with Crippen LogP contribution in [0.2, 0.25) is 19.6 Å². The number of fused-ring (bicyclic) bond motifs is 1. The van der Waals surface area contributed by atoms with Crippen molar-refractivity contribution < 1.29 is 0 Å². The topological polar surface area (TPSA) is 6.48 Å². The van der Waals surface area contributed by atoms with Crippen LogP contribution in [0.4, 0.5) is 34.1 Å². The van der Waals surface area contributed by atoms with E-state index in [1.165, 1.54) is 49.3 Å². The summed E-state index contributed by atoms with van der Waals surface area (Å²) in [6.45, 7) is 7.21. The number of para-hydroxylation sites is 2. The van der Waals surface area contributed by atoms with Crippen molar-refractivity contribution in [2.24, 2.45) is 0 Å². The third kappa shape index (κ3) is 7.48. The molecule has 0 bridgehead atoms. The largest absolute Gasteiger partial charge is 0.310 e. The van der Waals surface area contributed by atoms with E-state index >= 15 is 0 Å². The summed E-state index contributed by atoms with van der Waals surface area (Å²) < 4.78 is 0. The van der Waals surface area contributed by atoms with Gasteiger partial charge in [-0.1, -0.05) is 189 Å². The van der Waals surface area contributed by atoms with Crippen molar-refractivity contribution in [1.29, 1.82) is 0 Å². The first-order chi connectivity index (χ1) is 28.4. The van der Waals surface area contributed by atoms with Crippen LogP contribution < -0.4 is 15.0 Å². The molecule has 0 radical (unpaired) electrons. The van der Waals surface area contributed by atoms with Crippen LogP contribution in [0.3, 0.4) is 0 Å². The van der Waals surface area contributed by atoms with Gasteiger partial charge in [-0.15, -0.1) is 0 Å². The molecule has 0 spiro atoms. The highest BCUT2D eigenvalue weighted by Crippen LogP contribution is 2.42. The molecule has 0 saturated carbocycles. The van der Waals surface area contributed by atoms with Gasteiger partial charge < -0.3 is 9.80 Å². The third-order valence-corrected chi connectivity index (χ3v) is 13.1. The van der Waals surface area contributed by atoms with Crippen molar-refractivity contribution in [3.05, 3.63) is 224 Å². The average Bonchev–Trinajstić information content (AvgIpc) is 3.28. The molecule has 9 aromatic carbocycles. The Labute approximate surface area is 344 Å². The molecule has 0 fully saturated rings. The number of benzene rings is 9. The Balaban J connectivity index is 1.01. The predicted octanol–water partition coefficient (Wildman–Crippen LogP) is 15.3. The summed E-state index contributed by atoms with van der Waals surface area (Å²) in [5.41, 5.74) is 14.0. The minimum atomic E-state index is -1.45. The van der Waals surface area contributed by atoms with Crippen molar-refractivity contribution in [3.63, 3.8) is 0 Å². The molecular formula is C55H46N2Si. The summed E-state index contributed by atoms with van der Waals surface area (Å²) in [5.74, 6) is 0. The molecule has 0 aliphatic carbocycles. The molecule has 0 N–H and O–H groups in total. The van der Waals surface area contributed by atoms with Gasteiger partial charge in [0.25, 0.3) is 0 Å². The molecule has 58 heavy (non-hydrogen) atoms. The van der Waals surface area contributed by atoms with Crippen molar-refractivity contribution in [2.45, 2.75) is 19.6 Å². The number of hydrogen-bond donors (Lipinski definition) is 0. The molecule has 0 amide bonds. The summed E-state index contributed by atoms with van der Waals surface area (Å²) in [7, 11) is -1.45. The fourth-order valence-corrected chi connectivity index (χ4v) is 9.10. The van der Waals surface area contributed by atoms with Crippen molar-refractivity contribution in [2.75, 3.05) is 9.80 Å². The van der Waals surface area contributed by atoms with Crippen molar-refractivity contribution >= 4 is 58.2 Å². The quantitative estimate of drug-likeness (QED) is 0.128. The van der Waals surface area contributed by atoms with Gasteiger partial charge in [0.15, 0.2) is 0 Å². The summed E-state index contributed by atoms with van der Waals surface area (Å²) in [6, 6.07) is 81.3. The minimum Gasteiger partial charge on any atom is -0.310 e. The first-order valence-electron chi connectivity index (χ1n) is 20.1. The number of hydrogen-bond acceptors (Lipinski definition) is 2. The lowest BCUT2D eigenvalue weighted by Gasteiger charge is -2.29. The zero-order valence-electron chi connectivity index (χ0n) is 33.3. The molecule has 0 aliphatic heterocycles. The second-order valence-corrected chi connectivity index (χ2v) is 20.9. The van der Waals surface area contributed by atoms with E-state index in [4.69, 9.17) is 0 Å². The van der Waals surface area contributed by atoms with E-state index in [0.717, 1.165) is 34.1 Å². The van der Waals surface area contributed by atoms with Gasteiger partial charge in [0.1, 0.15) is 0 Å². The van der Waals surface area contributed by atoms with E-state index in [9.17, 15) is 0 Å². The Bertz CT molecular complexity index is 2770. The van der Waals surface area contributed by atoms with Crippen LogP contribution in [0.5, 0.6) is 0 Å². The molecule has 0 aromatic heterocycles. The summed E-state index contributed by atoms with van der Waals surface area (Å²) in [5, 5.41) is 3.91.